The molecule has 5 heteroatoms. The Kier molecular flexibility index (Phi) is 8.18. The van der Waals surface area contributed by atoms with Crippen LogP contribution < -0.4 is 0 Å². The molecule has 0 fully saturated rings. The van der Waals surface area contributed by atoms with Gasteiger partial charge in [-0.2, -0.15) is 9.97 Å². The number of nitrogens with zero attached hydrogens (tertiary/aromatic N) is 5. The van der Waals surface area contributed by atoms with Crippen molar-refractivity contribution in [2.75, 3.05) is 0 Å². The second-order valence-corrected chi connectivity index (χ2v) is 17.6. The first kappa shape index (κ1) is 37.2. The van der Waals surface area contributed by atoms with Crippen molar-refractivity contribution in [2.24, 2.45) is 0 Å². The van der Waals surface area contributed by atoms with Gasteiger partial charge in [0, 0.05) is 43.8 Å². The van der Waals surface area contributed by atoms with E-state index in [9.17, 15) is 0 Å². The number of para-hydroxylation sites is 2. The van der Waals surface area contributed by atoms with E-state index in [4.69, 9.17) is 15.0 Å². The second kappa shape index (κ2) is 14.3. The number of aromatic nitrogens is 5. The Morgan fingerprint density at radius 3 is 1.57 bits per heavy atom. The van der Waals surface area contributed by atoms with Crippen LogP contribution in [0.25, 0.3) is 111 Å². The number of hydrogen-bond donors (Lipinski definition) is 0. The largest absolute Gasteiger partial charge is 0.307 e. The molecule has 5 nitrogen and oxygen atoms in total. The molecule has 1 aliphatic rings. The third kappa shape index (κ3) is 5.68. The zero-order valence-electron chi connectivity index (χ0n) is 35.9. The Labute approximate surface area is 376 Å². The predicted octanol–water partition coefficient (Wildman–Crippen LogP) is 15.0. The first-order valence-electron chi connectivity index (χ1n) is 22.3. The van der Waals surface area contributed by atoms with Crippen LogP contribution in [0.3, 0.4) is 0 Å². The van der Waals surface area contributed by atoms with Gasteiger partial charge < -0.3 is 4.57 Å². The smallest absolute Gasteiger partial charge is 0.238 e. The summed E-state index contributed by atoms with van der Waals surface area (Å²) in [6.07, 6.45) is 0. The monoisotopic (exact) mass is 831 g/mol. The lowest BCUT2D eigenvalue weighted by Gasteiger charge is -2.21. The number of benzene rings is 9. The van der Waals surface area contributed by atoms with Gasteiger partial charge in [-0.15, -0.1) is 0 Å². The Morgan fingerprint density at radius 1 is 0.354 bits per heavy atom. The molecule has 3 heterocycles. The van der Waals surface area contributed by atoms with Crippen molar-refractivity contribution in [1.82, 2.24) is 24.1 Å². The lowest BCUT2D eigenvalue weighted by molar-refractivity contribution is 0.660. The van der Waals surface area contributed by atoms with Gasteiger partial charge in [-0.1, -0.05) is 196 Å². The van der Waals surface area contributed by atoms with E-state index >= 15 is 0 Å². The number of hydrogen-bond acceptors (Lipinski definition) is 3. The van der Waals surface area contributed by atoms with Gasteiger partial charge in [0.05, 0.1) is 22.1 Å². The molecule has 0 amide bonds. The molecule has 0 aliphatic heterocycles. The van der Waals surface area contributed by atoms with E-state index in [0.717, 1.165) is 60.6 Å². The van der Waals surface area contributed by atoms with E-state index in [1.54, 1.807) is 0 Å². The van der Waals surface area contributed by atoms with Crippen LogP contribution in [0.1, 0.15) is 25.0 Å². The van der Waals surface area contributed by atoms with Gasteiger partial charge in [-0.3, -0.25) is 4.57 Å². The molecule has 3 aromatic heterocycles. The molecule has 13 rings (SSSR count). The van der Waals surface area contributed by atoms with Crippen molar-refractivity contribution in [1.29, 1.82) is 0 Å². The minimum atomic E-state index is -0.170. The maximum Gasteiger partial charge on any atom is 0.238 e. The molecular formula is C60H41N5. The third-order valence-corrected chi connectivity index (χ3v) is 13.6. The summed E-state index contributed by atoms with van der Waals surface area (Å²) in [5.41, 5.74) is 16.9. The normalized spacial score (nSPS) is 12.9. The van der Waals surface area contributed by atoms with Crippen molar-refractivity contribution < 1.29 is 0 Å². The van der Waals surface area contributed by atoms with E-state index in [1.807, 2.05) is 18.2 Å². The maximum atomic E-state index is 5.54. The molecule has 0 N–H and O–H groups in total. The van der Waals surface area contributed by atoms with Crippen LogP contribution in [0.2, 0.25) is 0 Å². The summed E-state index contributed by atoms with van der Waals surface area (Å²) in [7, 11) is 0. The maximum absolute atomic E-state index is 5.54. The van der Waals surface area contributed by atoms with Crippen LogP contribution in [0.15, 0.2) is 212 Å². The Morgan fingerprint density at radius 2 is 0.862 bits per heavy atom. The second-order valence-electron chi connectivity index (χ2n) is 17.6. The van der Waals surface area contributed by atoms with E-state index in [-0.39, 0.29) is 5.41 Å². The molecule has 0 radical (unpaired) electrons. The van der Waals surface area contributed by atoms with Gasteiger partial charge in [0.1, 0.15) is 0 Å². The summed E-state index contributed by atoms with van der Waals surface area (Å²) in [5.74, 6) is 1.84. The summed E-state index contributed by atoms with van der Waals surface area (Å²) in [6.45, 7) is 4.63. The molecule has 0 atom stereocenters. The lowest BCUT2D eigenvalue weighted by Crippen LogP contribution is -2.14. The van der Waals surface area contributed by atoms with E-state index in [0.29, 0.717) is 17.6 Å². The van der Waals surface area contributed by atoms with Gasteiger partial charge in [-0.05, 0) is 74.8 Å². The highest BCUT2D eigenvalue weighted by atomic mass is 15.2. The zero-order chi connectivity index (χ0) is 43.2. The van der Waals surface area contributed by atoms with Gasteiger partial charge in [0.2, 0.25) is 5.95 Å². The summed E-state index contributed by atoms with van der Waals surface area (Å²) in [4.78, 5) is 16.3. The fraction of sp³-hybridized carbons (Fsp3) is 0.0500. The fourth-order valence-corrected chi connectivity index (χ4v) is 10.5. The first-order valence-corrected chi connectivity index (χ1v) is 22.3. The van der Waals surface area contributed by atoms with Crippen LogP contribution in [0, 0.1) is 0 Å². The van der Waals surface area contributed by atoms with Crippen molar-refractivity contribution in [3.63, 3.8) is 0 Å². The van der Waals surface area contributed by atoms with Crippen molar-refractivity contribution in [3.05, 3.63) is 223 Å². The highest BCUT2D eigenvalue weighted by Crippen LogP contribution is 2.52. The number of rotatable bonds is 6. The summed E-state index contributed by atoms with van der Waals surface area (Å²) in [5, 5.41) is 4.61. The molecule has 0 spiro atoms. The third-order valence-electron chi connectivity index (χ3n) is 13.6. The van der Waals surface area contributed by atoms with E-state index in [1.165, 1.54) is 44.3 Å². The molecule has 65 heavy (non-hydrogen) atoms. The van der Waals surface area contributed by atoms with Gasteiger partial charge in [0.25, 0.3) is 0 Å². The van der Waals surface area contributed by atoms with Crippen molar-refractivity contribution in [3.8, 4) is 67.8 Å². The SMILES string of the molecule is CC1(C)c2ccccc2-c2c(-c3nc(-c4ccccc4)nc(-n4c5ccccc5c5ccc6c7ccccc7n(-c7ccc(-c8cccc(-c9ccccc9)c8)cc7)c6c54)n3)cccc21. The topological polar surface area (TPSA) is 48.5 Å². The molecule has 1 aliphatic carbocycles. The van der Waals surface area contributed by atoms with Crippen LogP contribution in [0.4, 0.5) is 0 Å². The molecule has 0 bridgehead atoms. The summed E-state index contributed by atoms with van der Waals surface area (Å²) >= 11 is 0. The summed E-state index contributed by atoms with van der Waals surface area (Å²) in [6, 6.07) is 76.0. The minimum Gasteiger partial charge on any atom is -0.307 e. The molecule has 0 unspecified atom stereocenters. The molecule has 0 saturated carbocycles. The molecule has 12 aromatic rings. The minimum absolute atomic E-state index is 0.170. The Hall–Kier alpha value is -8.41. The van der Waals surface area contributed by atoms with Gasteiger partial charge in [-0.25, -0.2) is 4.98 Å². The van der Waals surface area contributed by atoms with E-state index < -0.39 is 0 Å². The molecule has 9 aromatic carbocycles. The van der Waals surface area contributed by atoms with Crippen LogP contribution in [0.5, 0.6) is 0 Å². The zero-order valence-corrected chi connectivity index (χ0v) is 35.9. The van der Waals surface area contributed by atoms with E-state index in [2.05, 4.69) is 217 Å². The van der Waals surface area contributed by atoms with Crippen LogP contribution in [-0.4, -0.2) is 24.1 Å². The highest BCUT2D eigenvalue weighted by molar-refractivity contribution is 6.23. The van der Waals surface area contributed by atoms with Gasteiger partial charge in [0.15, 0.2) is 11.6 Å². The van der Waals surface area contributed by atoms with Crippen molar-refractivity contribution >= 4 is 43.6 Å². The summed E-state index contributed by atoms with van der Waals surface area (Å²) < 4.78 is 4.71. The van der Waals surface area contributed by atoms with Crippen LogP contribution in [-0.2, 0) is 5.41 Å². The predicted molar refractivity (Wildman–Crippen MR) is 268 cm³/mol. The lowest BCUT2D eigenvalue weighted by atomic mass is 9.82. The average molecular weight is 832 g/mol. The first-order chi connectivity index (χ1) is 32.0. The quantitative estimate of drug-likeness (QED) is 0.168. The molecule has 0 saturated heterocycles. The average Bonchev–Trinajstić information content (AvgIpc) is 3.98. The van der Waals surface area contributed by atoms with Gasteiger partial charge >= 0.3 is 0 Å². The molecule has 306 valence electrons. The standard InChI is InChI=1S/C60H41N5/c1-60(2)50-27-12-9-25-48(50)54-49(26-16-28-51(54)60)58-61-57(40-19-7-4-8-20-40)62-59(63-58)65-53-30-14-11-24-45(53)47-36-35-46-44-23-10-13-29-52(44)64(55(46)56(47)65)43-33-31-39(32-34-43)42-22-15-21-41(37-42)38-17-5-3-6-18-38/h3-37H,1-2H3. The van der Waals surface area contributed by atoms with Crippen LogP contribution >= 0.6 is 0 Å². The Bertz CT molecular complexity index is 3840. The van der Waals surface area contributed by atoms with Crippen molar-refractivity contribution in [2.45, 2.75) is 19.3 Å². The molecular weight excluding hydrogens is 791 g/mol. The Balaban J connectivity index is 1.08. The highest BCUT2D eigenvalue weighted by Gasteiger charge is 2.37. The fourth-order valence-electron chi connectivity index (χ4n) is 10.5. The number of fused-ring (bicyclic) bond motifs is 10.